The van der Waals surface area contributed by atoms with E-state index in [1.165, 1.54) is 0 Å². The minimum Gasteiger partial charge on any atom is -0.495 e. The maximum atomic E-state index is 13.1. The van der Waals surface area contributed by atoms with Crippen LogP contribution in [0, 0.1) is 0 Å². The number of pyridine rings is 1. The highest BCUT2D eigenvalue weighted by molar-refractivity contribution is 6.36. The molecule has 1 N–H and O–H groups in total. The number of halogens is 1. The molecule has 0 saturated heterocycles. The van der Waals surface area contributed by atoms with Crippen molar-refractivity contribution in [3.63, 3.8) is 0 Å². The second-order valence-electron chi connectivity index (χ2n) is 6.85. The van der Waals surface area contributed by atoms with Crippen molar-refractivity contribution in [2.75, 3.05) is 12.4 Å². The maximum Gasteiger partial charge on any atom is 0.256 e. The van der Waals surface area contributed by atoms with E-state index < -0.39 is 0 Å². The molecular weight excluding hydrogens is 414 g/mol. The smallest absolute Gasteiger partial charge is 0.256 e. The number of amides is 1. The average Bonchev–Trinajstić information content (AvgIpc) is 3.23. The van der Waals surface area contributed by atoms with E-state index >= 15 is 0 Å². The number of rotatable bonds is 4. The second kappa shape index (κ2) is 7.74. The fraction of sp³-hybridized carbons (Fsp3) is 0.0417. The third-order valence-electron chi connectivity index (χ3n) is 4.97. The first kappa shape index (κ1) is 19.1. The SMILES string of the molecule is COc1ccc(-c2nc3ncccc3o2)cc1NC(=O)c1cccc2c(Cl)cccc12. The van der Waals surface area contributed by atoms with Gasteiger partial charge in [-0.05, 0) is 47.9 Å². The molecule has 152 valence electrons. The van der Waals surface area contributed by atoms with Crippen LogP contribution in [0.2, 0.25) is 5.02 Å². The monoisotopic (exact) mass is 429 g/mol. The predicted molar refractivity (Wildman–Crippen MR) is 121 cm³/mol. The van der Waals surface area contributed by atoms with Gasteiger partial charge in [0.15, 0.2) is 11.2 Å². The molecule has 0 atom stereocenters. The van der Waals surface area contributed by atoms with Gasteiger partial charge in [-0.2, -0.15) is 4.98 Å². The molecule has 2 aromatic heterocycles. The summed E-state index contributed by atoms with van der Waals surface area (Å²) in [5, 5.41) is 5.12. The molecule has 0 bridgehead atoms. The van der Waals surface area contributed by atoms with E-state index in [4.69, 9.17) is 20.8 Å². The third kappa shape index (κ3) is 3.47. The topological polar surface area (TPSA) is 77.2 Å². The van der Waals surface area contributed by atoms with Crippen molar-refractivity contribution in [1.29, 1.82) is 0 Å². The number of hydrogen-bond donors (Lipinski definition) is 1. The summed E-state index contributed by atoms with van der Waals surface area (Å²) in [6.07, 6.45) is 1.66. The summed E-state index contributed by atoms with van der Waals surface area (Å²) in [5.74, 6) is 0.649. The van der Waals surface area contributed by atoms with Gasteiger partial charge in [-0.15, -0.1) is 0 Å². The van der Waals surface area contributed by atoms with Gasteiger partial charge in [-0.3, -0.25) is 4.79 Å². The molecule has 0 aliphatic heterocycles. The highest BCUT2D eigenvalue weighted by Gasteiger charge is 2.16. The second-order valence-corrected chi connectivity index (χ2v) is 7.26. The molecule has 0 spiro atoms. The number of benzene rings is 3. The van der Waals surface area contributed by atoms with Crippen LogP contribution in [0.25, 0.3) is 33.5 Å². The number of nitrogens with one attached hydrogen (secondary N) is 1. The Morgan fingerprint density at radius 2 is 1.87 bits per heavy atom. The highest BCUT2D eigenvalue weighted by atomic mass is 35.5. The van der Waals surface area contributed by atoms with Crippen LogP contribution >= 0.6 is 11.6 Å². The third-order valence-corrected chi connectivity index (χ3v) is 5.30. The highest BCUT2D eigenvalue weighted by Crippen LogP contribution is 2.33. The van der Waals surface area contributed by atoms with Gasteiger partial charge in [0.25, 0.3) is 5.91 Å². The molecule has 5 aromatic rings. The summed E-state index contributed by atoms with van der Waals surface area (Å²) in [6.45, 7) is 0. The van der Waals surface area contributed by atoms with Crippen molar-refractivity contribution >= 4 is 45.2 Å². The molecule has 0 saturated carbocycles. The minimum absolute atomic E-state index is 0.275. The van der Waals surface area contributed by atoms with Gasteiger partial charge >= 0.3 is 0 Å². The van der Waals surface area contributed by atoms with Gasteiger partial charge in [0, 0.05) is 27.7 Å². The predicted octanol–water partition coefficient (Wildman–Crippen LogP) is 5.96. The first-order chi connectivity index (χ1) is 15.1. The van der Waals surface area contributed by atoms with Crippen molar-refractivity contribution in [2.24, 2.45) is 0 Å². The Labute approximate surface area is 182 Å². The molecule has 2 heterocycles. The quantitative estimate of drug-likeness (QED) is 0.381. The lowest BCUT2D eigenvalue weighted by Crippen LogP contribution is -2.13. The van der Waals surface area contributed by atoms with Crippen molar-refractivity contribution in [1.82, 2.24) is 9.97 Å². The van der Waals surface area contributed by atoms with E-state index in [9.17, 15) is 4.79 Å². The Kier molecular flexibility index (Phi) is 4.76. The standard InChI is InChI=1S/C24H16ClN3O3/c1-30-20-11-10-14(24-28-22-21(31-24)9-4-12-26-22)13-19(20)27-23(29)17-7-2-6-16-15(17)5-3-8-18(16)25/h2-13H,1H3,(H,27,29). The number of carbonyl (C=O) groups excluding carboxylic acids is 1. The number of ether oxygens (including phenoxy) is 1. The van der Waals surface area contributed by atoms with Crippen molar-refractivity contribution < 1.29 is 13.9 Å². The summed E-state index contributed by atoms with van der Waals surface area (Å²) >= 11 is 6.29. The van der Waals surface area contributed by atoms with Crippen LogP contribution in [-0.2, 0) is 0 Å². The maximum absolute atomic E-state index is 13.1. The van der Waals surface area contributed by atoms with E-state index in [0.29, 0.717) is 44.7 Å². The molecule has 6 nitrogen and oxygen atoms in total. The fourth-order valence-corrected chi connectivity index (χ4v) is 3.73. The van der Waals surface area contributed by atoms with Crippen LogP contribution < -0.4 is 10.1 Å². The normalized spacial score (nSPS) is 11.0. The van der Waals surface area contributed by atoms with Gasteiger partial charge in [0.1, 0.15) is 5.75 Å². The first-order valence-corrected chi connectivity index (χ1v) is 9.90. The molecule has 3 aromatic carbocycles. The number of anilines is 1. The molecule has 0 aliphatic carbocycles. The van der Waals surface area contributed by atoms with Gasteiger partial charge in [0.05, 0.1) is 12.8 Å². The van der Waals surface area contributed by atoms with E-state index in [0.717, 1.165) is 10.8 Å². The van der Waals surface area contributed by atoms with Crippen LogP contribution in [0.15, 0.2) is 77.3 Å². The zero-order valence-corrected chi connectivity index (χ0v) is 17.2. The summed E-state index contributed by atoms with van der Waals surface area (Å²) in [5.41, 5.74) is 2.81. The van der Waals surface area contributed by atoms with Crippen molar-refractivity contribution in [3.8, 4) is 17.2 Å². The van der Waals surface area contributed by atoms with Crippen molar-refractivity contribution in [2.45, 2.75) is 0 Å². The molecule has 0 aliphatic rings. The largest absolute Gasteiger partial charge is 0.495 e. The number of fused-ring (bicyclic) bond motifs is 2. The molecule has 5 rings (SSSR count). The van der Waals surface area contributed by atoms with Gasteiger partial charge in [-0.25, -0.2) is 4.98 Å². The summed E-state index contributed by atoms with van der Waals surface area (Å²) in [7, 11) is 1.55. The lowest BCUT2D eigenvalue weighted by molar-refractivity contribution is 0.102. The first-order valence-electron chi connectivity index (χ1n) is 9.52. The molecular formula is C24H16ClN3O3. The van der Waals surface area contributed by atoms with Crippen LogP contribution in [0.3, 0.4) is 0 Å². The minimum atomic E-state index is -0.275. The number of carbonyl (C=O) groups is 1. The van der Waals surface area contributed by atoms with E-state index in [2.05, 4.69) is 15.3 Å². The average molecular weight is 430 g/mol. The number of methoxy groups -OCH3 is 1. The molecule has 31 heavy (non-hydrogen) atoms. The Hall–Kier alpha value is -3.90. The summed E-state index contributed by atoms with van der Waals surface area (Å²) in [6, 6.07) is 19.9. The molecule has 0 radical (unpaired) electrons. The van der Waals surface area contributed by atoms with Crippen molar-refractivity contribution in [3.05, 3.63) is 83.5 Å². The Morgan fingerprint density at radius 1 is 1.03 bits per heavy atom. The number of nitrogens with zero attached hydrogens (tertiary/aromatic N) is 2. The lowest BCUT2D eigenvalue weighted by Gasteiger charge is -2.13. The Morgan fingerprint density at radius 3 is 2.71 bits per heavy atom. The van der Waals surface area contributed by atoms with Crippen LogP contribution in [0.1, 0.15) is 10.4 Å². The van der Waals surface area contributed by atoms with E-state index in [1.807, 2.05) is 30.3 Å². The fourth-order valence-electron chi connectivity index (χ4n) is 3.49. The molecule has 0 fully saturated rings. The molecule has 1 amide bonds. The summed E-state index contributed by atoms with van der Waals surface area (Å²) in [4.78, 5) is 21.8. The summed E-state index contributed by atoms with van der Waals surface area (Å²) < 4.78 is 11.2. The lowest BCUT2D eigenvalue weighted by atomic mass is 10.0. The molecule has 7 heteroatoms. The van der Waals surface area contributed by atoms with Gasteiger partial charge in [-0.1, -0.05) is 35.9 Å². The Bertz CT molecular complexity index is 1410. The number of aromatic nitrogens is 2. The van der Waals surface area contributed by atoms with Crippen LogP contribution in [0.4, 0.5) is 5.69 Å². The van der Waals surface area contributed by atoms with Gasteiger partial charge in [0.2, 0.25) is 5.89 Å². The van der Waals surface area contributed by atoms with E-state index in [-0.39, 0.29) is 5.91 Å². The van der Waals surface area contributed by atoms with E-state index in [1.54, 1.807) is 49.7 Å². The number of oxazole rings is 1. The Balaban J connectivity index is 1.53. The van der Waals surface area contributed by atoms with Crippen LogP contribution in [-0.4, -0.2) is 23.0 Å². The zero-order valence-electron chi connectivity index (χ0n) is 16.4. The van der Waals surface area contributed by atoms with Crippen LogP contribution in [0.5, 0.6) is 5.75 Å². The number of hydrogen-bond acceptors (Lipinski definition) is 5. The molecule has 0 unspecified atom stereocenters. The van der Waals surface area contributed by atoms with Gasteiger partial charge < -0.3 is 14.5 Å². The zero-order chi connectivity index (χ0) is 21.4.